The third-order valence-corrected chi connectivity index (χ3v) is 4.58. The third kappa shape index (κ3) is 2.64. The van der Waals surface area contributed by atoms with Crippen LogP contribution >= 0.6 is 11.6 Å². The molecule has 0 amide bonds. The van der Waals surface area contributed by atoms with Crippen molar-refractivity contribution in [1.29, 1.82) is 0 Å². The fraction of sp³-hybridized carbons (Fsp3) is 0.250. The van der Waals surface area contributed by atoms with Gasteiger partial charge in [-0.3, -0.25) is 4.79 Å². The Bertz CT molecular complexity index is 726. The van der Waals surface area contributed by atoms with Crippen molar-refractivity contribution in [2.45, 2.75) is 6.92 Å². The van der Waals surface area contributed by atoms with Gasteiger partial charge in [-0.15, -0.1) is 0 Å². The molecule has 2 unspecified atom stereocenters. The van der Waals surface area contributed by atoms with Gasteiger partial charge in [0.15, 0.2) is 0 Å². The fourth-order valence-electron chi connectivity index (χ4n) is 2.95. The van der Waals surface area contributed by atoms with E-state index in [1.807, 2.05) is 0 Å². The molecule has 0 fully saturated rings. The maximum Gasteiger partial charge on any atom is 0.333 e. The fourth-order valence-corrected chi connectivity index (χ4v) is 3.31. The van der Waals surface area contributed by atoms with Gasteiger partial charge in [-0.1, -0.05) is 30.7 Å². The summed E-state index contributed by atoms with van der Waals surface area (Å²) in [5, 5.41) is 19.0. The molecule has 0 heterocycles. The minimum Gasteiger partial charge on any atom is -0.481 e. The zero-order valence-corrected chi connectivity index (χ0v) is 13.0. The summed E-state index contributed by atoms with van der Waals surface area (Å²) < 4.78 is 13.1. The maximum atomic E-state index is 13.1. The van der Waals surface area contributed by atoms with Gasteiger partial charge in [0.25, 0.3) is 0 Å². The lowest BCUT2D eigenvalue weighted by atomic mass is 9.63. The van der Waals surface area contributed by atoms with Crippen LogP contribution in [0.3, 0.4) is 0 Å². The van der Waals surface area contributed by atoms with Crippen LogP contribution in [-0.4, -0.2) is 28.7 Å². The first-order valence-electron chi connectivity index (χ1n) is 6.80. The second kappa shape index (κ2) is 6.14. The molecule has 0 bridgehead atoms. The summed E-state index contributed by atoms with van der Waals surface area (Å²) >= 11 is 6.05. The van der Waals surface area contributed by atoms with Gasteiger partial charge in [0.1, 0.15) is 11.2 Å². The second-order valence-electron chi connectivity index (χ2n) is 5.33. The zero-order valence-electron chi connectivity index (χ0n) is 12.2. The Balaban J connectivity index is 2.77. The van der Waals surface area contributed by atoms with E-state index in [1.54, 1.807) is 0 Å². The molecule has 1 aromatic rings. The van der Waals surface area contributed by atoms with E-state index in [0.29, 0.717) is 5.56 Å². The minimum absolute atomic E-state index is 0.0605. The number of nitrogens with two attached hydrogens (primary N) is 1. The van der Waals surface area contributed by atoms with Crippen molar-refractivity contribution in [3.05, 3.63) is 52.3 Å². The van der Waals surface area contributed by atoms with Crippen LogP contribution in [0.2, 0.25) is 0 Å². The number of aliphatic carboxylic acids is 2. The van der Waals surface area contributed by atoms with Crippen LogP contribution in [-0.2, 0) is 9.59 Å². The van der Waals surface area contributed by atoms with E-state index in [4.69, 9.17) is 17.3 Å². The Labute approximate surface area is 136 Å². The van der Waals surface area contributed by atoms with Crippen LogP contribution in [0, 0.1) is 17.2 Å². The summed E-state index contributed by atoms with van der Waals surface area (Å²) in [4.78, 5) is 23.4. The van der Waals surface area contributed by atoms with Crippen molar-refractivity contribution in [2.24, 2.45) is 17.1 Å². The molecule has 1 aromatic carbocycles. The van der Waals surface area contributed by atoms with E-state index >= 15 is 0 Å². The minimum atomic E-state index is -1.66. The normalized spacial score (nSPS) is 24.3. The lowest BCUT2D eigenvalue weighted by Crippen LogP contribution is -2.48. The number of carboxylic acid groups (broad SMARTS) is 2. The average molecular weight is 340 g/mol. The van der Waals surface area contributed by atoms with Crippen molar-refractivity contribution >= 4 is 29.1 Å². The highest BCUT2D eigenvalue weighted by Crippen LogP contribution is 2.49. The van der Waals surface area contributed by atoms with Gasteiger partial charge in [-0.2, -0.15) is 0 Å². The molecule has 122 valence electrons. The molecule has 0 saturated carbocycles. The van der Waals surface area contributed by atoms with Crippen molar-refractivity contribution in [1.82, 2.24) is 0 Å². The predicted molar refractivity (Wildman–Crippen MR) is 83.2 cm³/mol. The van der Waals surface area contributed by atoms with Gasteiger partial charge in [0, 0.05) is 12.5 Å². The molecule has 0 radical (unpaired) electrons. The van der Waals surface area contributed by atoms with E-state index in [0.717, 1.165) is 0 Å². The van der Waals surface area contributed by atoms with Crippen molar-refractivity contribution in [3.63, 3.8) is 0 Å². The van der Waals surface area contributed by atoms with Gasteiger partial charge in [0.2, 0.25) is 0 Å². The summed E-state index contributed by atoms with van der Waals surface area (Å²) in [6.45, 7) is 1.14. The van der Waals surface area contributed by atoms with Crippen molar-refractivity contribution in [3.8, 4) is 0 Å². The number of benzene rings is 1. The molecule has 0 saturated heterocycles. The standard InChI is InChI=1S/C16H15ClFNO4/c1-8-13(14(20)21)12(17)6-11(16(8,7-19)15(22)23)9-2-4-10(18)5-3-9/h2-6,8H,7,19H2,1H3,(H,20,21)(H,22,23). The highest BCUT2D eigenvalue weighted by atomic mass is 35.5. The largest absolute Gasteiger partial charge is 0.481 e. The SMILES string of the molecule is CC1C(C(=O)O)=C(Cl)C=C(c2ccc(F)cc2)C1(CN)C(=O)O. The summed E-state index contributed by atoms with van der Waals surface area (Å²) in [7, 11) is 0. The van der Waals surface area contributed by atoms with Crippen LogP contribution in [0.1, 0.15) is 12.5 Å². The molecule has 2 rings (SSSR count). The van der Waals surface area contributed by atoms with Crippen LogP contribution < -0.4 is 5.73 Å². The Morgan fingerprint density at radius 1 is 1.30 bits per heavy atom. The molecule has 0 aliphatic heterocycles. The van der Waals surface area contributed by atoms with Crippen molar-refractivity contribution < 1.29 is 24.2 Å². The molecular formula is C16H15ClFNO4. The van der Waals surface area contributed by atoms with Crippen LogP contribution in [0.25, 0.3) is 5.57 Å². The highest BCUT2D eigenvalue weighted by Gasteiger charge is 2.51. The van der Waals surface area contributed by atoms with Crippen LogP contribution in [0.4, 0.5) is 4.39 Å². The zero-order chi connectivity index (χ0) is 17.4. The molecule has 2 atom stereocenters. The molecule has 1 aliphatic carbocycles. The number of hydrogen-bond acceptors (Lipinski definition) is 3. The maximum absolute atomic E-state index is 13.1. The van der Waals surface area contributed by atoms with Gasteiger partial charge in [0.05, 0.1) is 10.6 Å². The van der Waals surface area contributed by atoms with Gasteiger partial charge in [-0.05, 0) is 29.3 Å². The molecule has 7 heteroatoms. The lowest BCUT2D eigenvalue weighted by molar-refractivity contribution is -0.147. The van der Waals surface area contributed by atoms with E-state index < -0.39 is 29.1 Å². The molecule has 0 spiro atoms. The first kappa shape index (κ1) is 17.2. The smallest absolute Gasteiger partial charge is 0.333 e. The molecule has 5 nitrogen and oxygen atoms in total. The Hall–Kier alpha value is -2.18. The second-order valence-corrected chi connectivity index (χ2v) is 5.74. The monoisotopic (exact) mass is 339 g/mol. The molecule has 23 heavy (non-hydrogen) atoms. The van der Waals surface area contributed by atoms with Gasteiger partial charge < -0.3 is 15.9 Å². The van der Waals surface area contributed by atoms with Gasteiger partial charge in [-0.25, -0.2) is 9.18 Å². The number of halogens is 2. The summed E-state index contributed by atoms with van der Waals surface area (Å²) in [5.74, 6) is -3.98. The summed E-state index contributed by atoms with van der Waals surface area (Å²) in [6, 6.07) is 5.21. The Morgan fingerprint density at radius 2 is 1.87 bits per heavy atom. The number of carboxylic acids is 2. The third-order valence-electron chi connectivity index (χ3n) is 4.27. The van der Waals surface area contributed by atoms with E-state index in [-0.39, 0.29) is 22.7 Å². The van der Waals surface area contributed by atoms with E-state index in [2.05, 4.69) is 0 Å². The Kier molecular flexibility index (Phi) is 4.58. The number of allylic oxidation sites excluding steroid dienone is 2. The number of rotatable bonds is 4. The lowest BCUT2D eigenvalue weighted by Gasteiger charge is -2.39. The topological polar surface area (TPSA) is 101 Å². The highest BCUT2D eigenvalue weighted by molar-refractivity contribution is 6.34. The molecule has 4 N–H and O–H groups in total. The molecule has 1 aliphatic rings. The van der Waals surface area contributed by atoms with E-state index in [1.165, 1.54) is 37.3 Å². The Morgan fingerprint density at radius 3 is 2.30 bits per heavy atom. The summed E-state index contributed by atoms with van der Waals surface area (Å²) in [6.07, 6.45) is 1.29. The molecular weight excluding hydrogens is 325 g/mol. The predicted octanol–water partition coefficient (Wildman–Crippen LogP) is 2.47. The summed E-state index contributed by atoms with van der Waals surface area (Å²) in [5.41, 5.74) is 4.56. The number of hydrogen-bond donors (Lipinski definition) is 3. The quantitative estimate of drug-likeness (QED) is 0.782. The van der Waals surface area contributed by atoms with Crippen LogP contribution in [0.5, 0.6) is 0 Å². The first-order valence-corrected chi connectivity index (χ1v) is 7.18. The van der Waals surface area contributed by atoms with Crippen molar-refractivity contribution in [2.75, 3.05) is 6.54 Å². The van der Waals surface area contributed by atoms with Crippen LogP contribution in [0.15, 0.2) is 40.9 Å². The number of carbonyl (C=O) groups is 2. The average Bonchev–Trinajstić information content (AvgIpc) is 2.47. The molecule has 0 aromatic heterocycles. The van der Waals surface area contributed by atoms with Gasteiger partial charge >= 0.3 is 11.9 Å². The van der Waals surface area contributed by atoms with E-state index in [9.17, 15) is 24.2 Å². The first-order chi connectivity index (χ1) is 10.8.